The first-order valence-electron chi connectivity index (χ1n) is 11.1. The van der Waals surface area contributed by atoms with Crippen molar-refractivity contribution in [1.29, 1.82) is 0 Å². The van der Waals surface area contributed by atoms with Crippen LogP contribution in [0, 0.1) is 5.41 Å². The summed E-state index contributed by atoms with van der Waals surface area (Å²) in [5.74, 6) is 1.21. The minimum Gasteiger partial charge on any atom is -0.494 e. The summed E-state index contributed by atoms with van der Waals surface area (Å²) in [5, 5.41) is 3.49. The molecule has 160 valence electrons. The maximum absolute atomic E-state index is 11.8. The number of unbranched alkanes of at least 4 members (excludes halogenated alkanes) is 1. The van der Waals surface area contributed by atoms with Crippen LogP contribution in [0.2, 0.25) is 0 Å². The minimum absolute atomic E-state index is 0.0933. The number of nitrogens with one attached hydrogen (secondary N) is 1. The number of hydrogen-bond acceptors (Lipinski definition) is 5. The van der Waals surface area contributed by atoms with E-state index in [4.69, 9.17) is 4.74 Å². The maximum atomic E-state index is 11.8. The van der Waals surface area contributed by atoms with Crippen molar-refractivity contribution in [3.63, 3.8) is 0 Å². The second-order valence-electron chi connectivity index (χ2n) is 9.05. The van der Waals surface area contributed by atoms with Crippen LogP contribution >= 0.6 is 0 Å². The van der Waals surface area contributed by atoms with E-state index >= 15 is 0 Å². The lowest BCUT2D eigenvalue weighted by Crippen LogP contribution is -2.46. The third-order valence-corrected chi connectivity index (χ3v) is 5.78. The molecule has 0 atom stereocenters. The van der Waals surface area contributed by atoms with Crippen molar-refractivity contribution in [2.75, 3.05) is 50.8 Å². The van der Waals surface area contributed by atoms with E-state index in [0.717, 1.165) is 63.6 Å². The Morgan fingerprint density at radius 1 is 1.10 bits per heavy atom. The van der Waals surface area contributed by atoms with Crippen molar-refractivity contribution in [3.05, 3.63) is 36.0 Å². The van der Waals surface area contributed by atoms with E-state index in [1.54, 1.807) is 0 Å². The van der Waals surface area contributed by atoms with Crippen molar-refractivity contribution < 1.29 is 9.53 Å². The van der Waals surface area contributed by atoms with Crippen LogP contribution in [0.25, 0.3) is 0 Å². The van der Waals surface area contributed by atoms with Gasteiger partial charge in [-0.3, -0.25) is 9.69 Å². The van der Waals surface area contributed by atoms with E-state index in [2.05, 4.69) is 47.2 Å². The van der Waals surface area contributed by atoms with Crippen molar-refractivity contribution in [2.45, 2.75) is 46.5 Å². The summed E-state index contributed by atoms with van der Waals surface area (Å²) in [6.07, 6.45) is 5.79. The van der Waals surface area contributed by atoms with Crippen molar-refractivity contribution in [3.8, 4) is 5.75 Å². The SMILES string of the molecule is CCOc1cccc(N2CCN(CCCCNC3=CC(=O)CC(C)(C)C3)CC2)c1. The number of ether oxygens (including phenoxy) is 1. The number of allylic oxidation sites excluding steroid dienone is 2. The van der Waals surface area contributed by atoms with Gasteiger partial charge in [0.05, 0.1) is 6.61 Å². The van der Waals surface area contributed by atoms with Gasteiger partial charge in [0, 0.05) is 62.7 Å². The van der Waals surface area contributed by atoms with E-state index in [1.807, 2.05) is 19.1 Å². The molecule has 0 saturated carbocycles. The van der Waals surface area contributed by atoms with Gasteiger partial charge in [0.1, 0.15) is 5.75 Å². The first-order chi connectivity index (χ1) is 13.9. The summed E-state index contributed by atoms with van der Waals surface area (Å²) in [6, 6.07) is 8.43. The zero-order valence-electron chi connectivity index (χ0n) is 18.4. The molecule has 1 heterocycles. The molecule has 0 radical (unpaired) electrons. The second-order valence-corrected chi connectivity index (χ2v) is 9.05. The molecule has 1 aromatic rings. The van der Waals surface area contributed by atoms with E-state index in [9.17, 15) is 4.79 Å². The lowest BCUT2D eigenvalue weighted by Gasteiger charge is -2.36. The summed E-state index contributed by atoms with van der Waals surface area (Å²) < 4.78 is 5.63. The first-order valence-corrected chi connectivity index (χ1v) is 11.1. The molecule has 3 rings (SSSR count). The highest BCUT2D eigenvalue weighted by Gasteiger charge is 2.27. The van der Waals surface area contributed by atoms with Crippen LogP contribution in [0.1, 0.15) is 46.5 Å². The topological polar surface area (TPSA) is 44.8 Å². The summed E-state index contributed by atoms with van der Waals surface area (Å²) in [6.45, 7) is 13.5. The smallest absolute Gasteiger partial charge is 0.157 e. The summed E-state index contributed by atoms with van der Waals surface area (Å²) in [5.41, 5.74) is 2.47. The Kier molecular flexibility index (Phi) is 7.59. The van der Waals surface area contributed by atoms with Gasteiger partial charge in [0.2, 0.25) is 0 Å². The fraction of sp³-hybridized carbons (Fsp3) is 0.625. The Morgan fingerprint density at radius 2 is 1.90 bits per heavy atom. The molecule has 29 heavy (non-hydrogen) atoms. The van der Waals surface area contributed by atoms with E-state index in [0.29, 0.717) is 13.0 Å². The lowest BCUT2D eigenvalue weighted by molar-refractivity contribution is -0.117. The number of anilines is 1. The Hall–Kier alpha value is -2.01. The molecule has 0 unspecified atom stereocenters. The molecule has 1 N–H and O–H groups in total. The number of carbonyl (C=O) groups excluding carboxylic acids is 1. The average molecular weight is 400 g/mol. The molecule has 2 aliphatic rings. The highest BCUT2D eigenvalue weighted by atomic mass is 16.5. The van der Waals surface area contributed by atoms with Crippen molar-refractivity contribution in [2.24, 2.45) is 5.41 Å². The zero-order chi connectivity index (χ0) is 20.7. The fourth-order valence-corrected chi connectivity index (χ4v) is 4.34. The lowest BCUT2D eigenvalue weighted by atomic mass is 9.79. The highest BCUT2D eigenvalue weighted by Crippen LogP contribution is 2.32. The van der Waals surface area contributed by atoms with Crippen LogP contribution in [0.5, 0.6) is 5.75 Å². The Labute approximate surface area is 176 Å². The van der Waals surface area contributed by atoms with Gasteiger partial charge >= 0.3 is 0 Å². The van der Waals surface area contributed by atoms with Crippen LogP contribution in [-0.4, -0.2) is 56.6 Å². The van der Waals surface area contributed by atoms with Gasteiger partial charge in [-0.05, 0) is 50.3 Å². The van der Waals surface area contributed by atoms with Crippen LogP contribution < -0.4 is 15.0 Å². The van der Waals surface area contributed by atoms with Crippen LogP contribution in [0.15, 0.2) is 36.0 Å². The molecule has 1 fully saturated rings. The van der Waals surface area contributed by atoms with Gasteiger partial charge in [-0.1, -0.05) is 19.9 Å². The molecule has 1 aliphatic carbocycles. The normalized spacial score (nSPS) is 19.8. The fourth-order valence-electron chi connectivity index (χ4n) is 4.34. The number of rotatable bonds is 9. The number of piperazine rings is 1. The van der Waals surface area contributed by atoms with Gasteiger partial charge in [0.15, 0.2) is 5.78 Å². The standard InChI is InChI=1S/C24H37N3O2/c1-4-29-23-9-7-8-21(17-23)27-14-12-26(13-15-27)11-6-5-10-25-20-16-22(28)19-24(2,3)18-20/h7-9,16-17,25H,4-6,10-15,18-19H2,1-3H3. The number of ketones is 1. The van der Waals surface area contributed by atoms with Gasteiger partial charge in [-0.25, -0.2) is 0 Å². The number of nitrogens with zero attached hydrogens (tertiary/aromatic N) is 2. The molecule has 0 spiro atoms. The Morgan fingerprint density at radius 3 is 2.62 bits per heavy atom. The molecule has 0 amide bonds. The van der Waals surface area contributed by atoms with Crippen LogP contribution in [0.4, 0.5) is 5.69 Å². The monoisotopic (exact) mass is 399 g/mol. The predicted octanol–water partition coefficient (Wildman–Crippen LogP) is 3.85. The van der Waals surface area contributed by atoms with Gasteiger partial charge in [0.25, 0.3) is 0 Å². The largest absolute Gasteiger partial charge is 0.494 e. The van der Waals surface area contributed by atoms with E-state index < -0.39 is 0 Å². The van der Waals surface area contributed by atoms with Crippen LogP contribution in [-0.2, 0) is 4.79 Å². The number of benzene rings is 1. The summed E-state index contributed by atoms with van der Waals surface area (Å²) in [4.78, 5) is 16.8. The minimum atomic E-state index is 0.0933. The first kappa shape index (κ1) is 21.7. The van der Waals surface area contributed by atoms with Crippen molar-refractivity contribution >= 4 is 11.5 Å². The van der Waals surface area contributed by atoms with E-state index in [1.165, 1.54) is 12.1 Å². The quantitative estimate of drug-likeness (QED) is 0.639. The van der Waals surface area contributed by atoms with Gasteiger partial charge < -0.3 is 15.0 Å². The van der Waals surface area contributed by atoms with Gasteiger partial charge in [-0.15, -0.1) is 0 Å². The molecule has 5 nitrogen and oxygen atoms in total. The Balaban J connectivity index is 1.32. The molecular weight excluding hydrogens is 362 g/mol. The summed E-state index contributed by atoms with van der Waals surface area (Å²) >= 11 is 0. The van der Waals surface area contributed by atoms with Crippen LogP contribution in [0.3, 0.4) is 0 Å². The highest BCUT2D eigenvalue weighted by molar-refractivity contribution is 5.91. The predicted molar refractivity (Wildman–Crippen MR) is 120 cm³/mol. The molecular formula is C24H37N3O2. The summed E-state index contributed by atoms with van der Waals surface area (Å²) in [7, 11) is 0. The molecule has 1 aliphatic heterocycles. The third kappa shape index (κ3) is 6.77. The molecule has 5 heteroatoms. The average Bonchev–Trinajstić information content (AvgIpc) is 2.67. The molecule has 1 saturated heterocycles. The maximum Gasteiger partial charge on any atom is 0.157 e. The molecule has 0 bridgehead atoms. The molecule has 0 aromatic heterocycles. The number of carbonyl (C=O) groups is 1. The van der Waals surface area contributed by atoms with Gasteiger partial charge in [-0.2, -0.15) is 0 Å². The van der Waals surface area contributed by atoms with Crippen molar-refractivity contribution in [1.82, 2.24) is 10.2 Å². The zero-order valence-corrected chi connectivity index (χ0v) is 18.4. The number of hydrogen-bond donors (Lipinski definition) is 1. The second kappa shape index (κ2) is 10.1. The molecule has 1 aromatic carbocycles. The third-order valence-electron chi connectivity index (χ3n) is 5.78. The Bertz CT molecular complexity index is 706. The van der Waals surface area contributed by atoms with E-state index in [-0.39, 0.29) is 11.2 Å².